The zero-order chi connectivity index (χ0) is 12.8. The van der Waals surface area contributed by atoms with E-state index in [4.69, 9.17) is 9.84 Å². The van der Waals surface area contributed by atoms with E-state index in [2.05, 4.69) is 4.98 Å². The van der Waals surface area contributed by atoms with Crippen molar-refractivity contribution in [2.24, 2.45) is 5.92 Å². The lowest BCUT2D eigenvalue weighted by molar-refractivity contribution is 0.0685. The number of ether oxygens (including phenoxy) is 1. The van der Waals surface area contributed by atoms with Gasteiger partial charge in [-0.15, -0.1) is 0 Å². The molecule has 0 unspecified atom stereocenters. The van der Waals surface area contributed by atoms with Gasteiger partial charge in [-0.1, -0.05) is 32.1 Å². The van der Waals surface area contributed by atoms with Crippen LogP contribution in [0, 0.1) is 5.92 Å². The molecule has 1 aliphatic carbocycles. The molecule has 0 amide bonds. The zero-order valence-corrected chi connectivity index (χ0v) is 10.5. The zero-order valence-electron chi connectivity index (χ0n) is 10.5. The van der Waals surface area contributed by atoms with Crippen LogP contribution in [0.2, 0.25) is 0 Å². The van der Waals surface area contributed by atoms with Crippen LogP contribution in [0.3, 0.4) is 0 Å². The van der Waals surface area contributed by atoms with Gasteiger partial charge >= 0.3 is 5.97 Å². The number of carboxylic acids is 1. The van der Waals surface area contributed by atoms with Gasteiger partial charge < -0.3 is 9.84 Å². The minimum absolute atomic E-state index is 0.00106. The van der Waals surface area contributed by atoms with E-state index in [1.165, 1.54) is 38.3 Å². The summed E-state index contributed by atoms with van der Waals surface area (Å²) in [5, 5.41) is 8.97. The highest BCUT2D eigenvalue weighted by atomic mass is 16.5. The maximum atomic E-state index is 10.9. The third-order valence-electron chi connectivity index (χ3n) is 3.48. The van der Waals surface area contributed by atoms with E-state index in [-0.39, 0.29) is 5.69 Å². The lowest BCUT2D eigenvalue weighted by Crippen LogP contribution is -2.12. The van der Waals surface area contributed by atoms with Crippen LogP contribution in [-0.4, -0.2) is 22.7 Å². The lowest BCUT2D eigenvalue weighted by atomic mass is 9.87. The summed E-state index contributed by atoms with van der Waals surface area (Å²) in [4.78, 5) is 14.8. The largest absolute Gasteiger partial charge is 0.491 e. The first-order valence-electron chi connectivity index (χ1n) is 6.58. The van der Waals surface area contributed by atoms with Gasteiger partial charge in [-0.05, 0) is 24.5 Å². The number of hydrogen-bond donors (Lipinski definition) is 1. The van der Waals surface area contributed by atoms with Crippen molar-refractivity contribution >= 4 is 5.97 Å². The standard InChI is InChI=1S/C14H19NO3/c16-14(17)13-12(7-4-9-15-13)18-10-8-11-5-2-1-3-6-11/h4,7,9,11H,1-3,5-6,8,10H2,(H,16,17). The second-order valence-electron chi connectivity index (χ2n) is 4.80. The highest BCUT2D eigenvalue weighted by molar-refractivity contribution is 5.88. The molecule has 1 heterocycles. The van der Waals surface area contributed by atoms with Gasteiger partial charge in [0, 0.05) is 6.20 Å². The van der Waals surface area contributed by atoms with Gasteiger partial charge in [-0.25, -0.2) is 9.78 Å². The second-order valence-corrected chi connectivity index (χ2v) is 4.80. The SMILES string of the molecule is O=C(O)c1ncccc1OCCC1CCCCC1. The third-order valence-corrected chi connectivity index (χ3v) is 3.48. The van der Waals surface area contributed by atoms with Gasteiger partial charge in [0.25, 0.3) is 0 Å². The summed E-state index contributed by atoms with van der Waals surface area (Å²) in [6.07, 6.45) is 9.02. The summed E-state index contributed by atoms with van der Waals surface area (Å²) >= 11 is 0. The fraction of sp³-hybridized carbons (Fsp3) is 0.571. The predicted molar refractivity (Wildman–Crippen MR) is 67.9 cm³/mol. The third kappa shape index (κ3) is 3.45. The average Bonchev–Trinajstić information content (AvgIpc) is 2.40. The molecule has 1 fully saturated rings. The topological polar surface area (TPSA) is 59.4 Å². The molecule has 0 aromatic carbocycles. The maximum absolute atomic E-state index is 10.9. The average molecular weight is 249 g/mol. The summed E-state index contributed by atoms with van der Waals surface area (Å²) in [5.74, 6) is 0.0766. The van der Waals surface area contributed by atoms with Crippen molar-refractivity contribution in [3.8, 4) is 5.75 Å². The number of carbonyl (C=O) groups is 1. The molecule has 0 aliphatic heterocycles. The smallest absolute Gasteiger partial charge is 0.358 e. The molecule has 0 radical (unpaired) electrons. The van der Waals surface area contributed by atoms with Gasteiger partial charge in [-0.2, -0.15) is 0 Å². The van der Waals surface area contributed by atoms with Crippen molar-refractivity contribution in [1.29, 1.82) is 0 Å². The van der Waals surface area contributed by atoms with Crippen molar-refractivity contribution in [1.82, 2.24) is 4.98 Å². The first-order valence-corrected chi connectivity index (χ1v) is 6.58. The lowest BCUT2D eigenvalue weighted by Gasteiger charge is -2.21. The first-order chi connectivity index (χ1) is 8.77. The van der Waals surface area contributed by atoms with Crippen molar-refractivity contribution < 1.29 is 14.6 Å². The summed E-state index contributed by atoms with van der Waals surface area (Å²) in [7, 11) is 0. The Morgan fingerprint density at radius 1 is 1.39 bits per heavy atom. The van der Waals surface area contributed by atoms with E-state index in [9.17, 15) is 4.79 Å². The quantitative estimate of drug-likeness (QED) is 0.871. The molecule has 98 valence electrons. The Hall–Kier alpha value is -1.58. The summed E-state index contributed by atoms with van der Waals surface area (Å²) in [6.45, 7) is 0.580. The number of carboxylic acid groups (broad SMARTS) is 1. The monoisotopic (exact) mass is 249 g/mol. The van der Waals surface area contributed by atoms with Crippen LogP contribution in [0.15, 0.2) is 18.3 Å². The molecule has 0 saturated heterocycles. The normalized spacial score (nSPS) is 16.4. The second kappa shape index (κ2) is 6.38. The molecule has 0 spiro atoms. The molecule has 1 aromatic heterocycles. The minimum atomic E-state index is -1.04. The number of aromatic nitrogens is 1. The Morgan fingerprint density at radius 3 is 2.89 bits per heavy atom. The van der Waals surface area contributed by atoms with Crippen molar-refractivity contribution in [2.75, 3.05) is 6.61 Å². The molecular weight excluding hydrogens is 230 g/mol. The van der Waals surface area contributed by atoms with E-state index in [0.717, 1.165) is 12.3 Å². The van der Waals surface area contributed by atoms with Crippen molar-refractivity contribution in [3.05, 3.63) is 24.0 Å². The van der Waals surface area contributed by atoms with Gasteiger partial charge in [0.05, 0.1) is 6.61 Å². The molecule has 2 rings (SSSR count). The van der Waals surface area contributed by atoms with E-state index in [1.54, 1.807) is 12.1 Å². The molecule has 1 N–H and O–H groups in total. The number of rotatable bonds is 5. The number of aromatic carboxylic acids is 1. The Morgan fingerprint density at radius 2 is 2.17 bits per heavy atom. The van der Waals surface area contributed by atoms with Crippen LogP contribution in [-0.2, 0) is 0 Å². The molecule has 1 aromatic rings. The minimum Gasteiger partial charge on any atom is -0.491 e. The number of hydrogen-bond acceptors (Lipinski definition) is 3. The van der Waals surface area contributed by atoms with Gasteiger partial charge in [0.2, 0.25) is 0 Å². The number of nitrogens with zero attached hydrogens (tertiary/aromatic N) is 1. The Bertz CT molecular complexity index is 400. The Labute approximate surface area is 107 Å². The van der Waals surface area contributed by atoms with Crippen LogP contribution >= 0.6 is 0 Å². The highest BCUT2D eigenvalue weighted by Crippen LogP contribution is 2.26. The number of pyridine rings is 1. The van der Waals surface area contributed by atoms with Crippen molar-refractivity contribution in [2.45, 2.75) is 38.5 Å². The van der Waals surface area contributed by atoms with E-state index in [0.29, 0.717) is 12.4 Å². The molecule has 1 saturated carbocycles. The molecule has 4 nitrogen and oxygen atoms in total. The molecular formula is C14H19NO3. The Kier molecular flexibility index (Phi) is 4.56. The summed E-state index contributed by atoms with van der Waals surface area (Å²) in [6, 6.07) is 3.36. The molecule has 1 aliphatic rings. The molecule has 0 bridgehead atoms. The fourth-order valence-electron chi connectivity index (χ4n) is 2.48. The van der Waals surface area contributed by atoms with Crippen LogP contribution in [0.4, 0.5) is 0 Å². The molecule has 18 heavy (non-hydrogen) atoms. The van der Waals surface area contributed by atoms with Gasteiger partial charge in [-0.3, -0.25) is 0 Å². The summed E-state index contributed by atoms with van der Waals surface area (Å²) in [5.41, 5.74) is 0.00106. The highest BCUT2D eigenvalue weighted by Gasteiger charge is 2.15. The van der Waals surface area contributed by atoms with Crippen LogP contribution in [0.1, 0.15) is 49.0 Å². The molecule has 0 atom stereocenters. The van der Waals surface area contributed by atoms with E-state index in [1.807, 2.05) is 0 Å². The van der Waals surface area contributed by atoms with Crippen molar-refractivity contribution in [3.63, 3.8) is 0 Å². The van der Waals surface area contributed by atoms with Gasteiger partial charge in [0.1, 0.15) is 0 Å². The first kappa shape index (κ1) is 12.9. The fourth-order valence-corrected chi connectivity index (χ4v) is 2.48. The predicted octanol–water partition coefficient (Wildman–Crippen LogP) is 3.13. The van der Waals surface area contributed by atoms with Crippen LogP contribution in [0.5, 0.6) is 5.75 Å². The van der Waals surface area contributed by atoms with E-state index < -0.39 is 5.97 Å². The Balaban J connectivity index is 1.84. The van der Waals surface area contributed by atoms with Crippen LogP contribution < -0.4 is 4.74 Å². The van der Waals surface area contributed by atoms with Gasteiger partial charge in [0.15, 0.2) is 11.4 Å². The maximum Gasteiger partial charge on any atom is 0.358 e. The van der Waals surface area contributed by atoms with Crippen LogP contribution in [0.25, 0.3) is 0 Å². The van der Waals surface area contributed by atoms with E-state index >= 15 is 0 Å². The summed E-state index contributed by atoms with van der Waals surface area (Å²) < 4.78 is 5.56. The molecule has 4 heteroatoms.